The maximum atomic E-state index is 12.6. The van der Waals surface area contributed by atoms with E-state index in [1.807, 2.05) is 0 Å². The molecule has 0 bridgehead atoms. The molecule has 1 amide bonds. The second-order valence-electron chi connectivity index (χ2n) is 11.9. The van der Waals surface area contributed by atoms with Gasteiger partial charge in [0.1, 0.15) is 12.1 Å². The minimum atomic E-state index is -1.01. The Labute approximate surface area is 258 Å². The standard InChI is InChI=1S/C35H66N2O5/c1-3-5-7-9-11-12-13-15-17-23-29-34(39)42-31(25-20-16-14-10-8-6-4-2)26-21-18-19-22-28-33(38)37-32(35(40)41)27-24-30-36/h20,25,31-32H,3-19,21-24,26-30,36H2,1-2H3,(H,37,38)(H,40,41)/b25-20-. The van der Waals surface area contributed by atoms with Gasteiger partial charge in [0.2, 0.25) is 5.91 Å². The fourth-order valence-corrected chi connectivity index (χ4v) is 5.12. The first kappa shape index (κ1) is 40.1. The zero-order valence-electron chi connectivity index (χ0n) is 27.4. The molecule has 4 N–H and O–H groups in total. The minimum absolute atomic E-state index is 0.0912. The van der Waals surface area contributed by atoms with Crippen molar-refractivity contribution in [3.8, 4) is 0 Å². The highest BCUT2D eigenvalue weighted by Gasteiger charge is 2.19. The first-order valence-corrected chi connectivity index (χ1v) is 17.5. The highest BCUT2D eigenvalue weighted by molar-refractivity contribution is 5.83. The van der Waals surface area contributed by atoms with Crippen LogP contribution in [0.15, 0.2) is 12.2 Å². The molecule has 0 fully saturated rings. The van der Waals surface area contributed by atoms with E-state index in [-0.39, 0.29) is 18.0 Å². The number of allylic oxidation sites excluding steroid dienone is 1. The molecule has 0 saturated heterocycles. The summed E-state index contributed by atoms with van der Waals surface area (Å²) in [7, 11) is 0. The molecular formula is C35H66N2O5. The number of hydrogen-bond donors (Lipinski definition) is 3. The Morgan fingerprint density at radius 2 is 1.21 bits per heavy atom. The average molecular weight is 595 g/mol. The first-order valence-electron chi connectivity index (χ1n) is 17.5. The van der Waals surface area contributed by atoms with Gasteiger partial charge in [0.05, 0.1) is 0 Å². The van der Waals surface area contributed by atoms with E-state index in [4.69, 9.17) is 10.5 Å². The van der Waals surface area contributed by atoms with Gasteiger partial charge >= 0.3 is 11.9 Å². The van der Waals surface area contributed by atoms with E-state index in [1.54, 1.807) is 0 Å². The normalized spacial score (nSPS) is 12.8. The van der Waals surface area contributed by atoms with Crippen LogP contribution in [0, 0.1) is 0 Å². The molecule has 0 aliphatic carbocycles. The second-order valence-corrected chi connectivity index (χ2v) is 11.9. The van der Waals surface area contributed by atoms with Gasteiger partial charge in [-0.15, -0.1) is 0 Å². The monoisotopic (exact) mass is 594 g/mol. The molecular weight excluding hydrogens is 528 g/mol. The lowest BCUT2D eigenvalue weighted by Gasteiger charge is -2.15. The van der Waals surface area contributed by atoms with E-state index >= 15 is 0 Å². The van der Waals surface area contributed by atoms with E-state index in [0.717, 1.165) is 44.9 Å². The molecule has 0 spiro atoms. The number of nitrogens with two attached hydrogens (primary N) is 1. The Morgan fingerprint density at radius 3 is 1.79 bits per heavy atom. The van der Waals surface area contributed by atoms with Gasteiger partial charge in [-0.2, -0.15) is 0 Å². The van der Waals surface area contributed by atoms with Crippen molar-refractivity contribution in [1.82, 2.24) is 5.32 Å². The molecule has 246 valence electrons. The number of carbonyl (C=O) groups is 3. The third-order valence-electron chi connectivity index (χ3n) is 7.82. The van der Waals surface area contributed by atoms with Gasteiger partial charge in [-0.3, -0.25) is 9.59 Å². The molecule has 7 heteroatoms. The van der Waals surface area contributed by atoms with E-state index in [9.17, 15) is 19.5 Å². The number of carbonyl (C=O) groups excluding carboxylic acids is 2. The zero-order chi connectivity index (χ0) is 31.1. The lowest BCUT2D eigenvalue weighted by molar-refractivity contribution is -0.147. The highest BCUT2D eigenvalue weighted by atomic mass is 16.5. The maximum absolute atomic E-state index is 12.6. The molecule has 7 nitrogen and oxygen atoms in total. The van der Waals surface area contributed by atoms with Crippen LogP contribution in [0.2, 0.25) is 0 Å². The van der Waals surface area contributed by atoms with Crippen LogP contribution in [0.3, 0.4) is 0 Å². The van der Waals surface area contributed by atoms with E-state index < -0.39 is 12.0 Å². The van der Waals surface area contributed by atoms with Crippen LogP contribution in [0.5, 0.6) is 0 Å². The van der Waals surface area contributed by atoms with Gasteiger partial charge < -0.3 is 20.9 Å². The second kappa shape index (κ2) is 30.6. The van der Waals surface area contributed by atoms with Crippen molar-refractivity contribution in [3.63, 3.8) is 0 Å². The van der Waals surface area contributed by atoms with Crippen molar-refractivity contribution in [3.05, 3.63) is 12.2 Å². The van der Waals surface area contributed by atoms with Crippen molar-refractivity contribution in [2.45, 2.75) is 187 Å². The Hall–Kier alpha value is -1.89. The van der Waals surface area contributed by atoms with E-state index in [1.165, 1.54) is 83.5 Å². The Morgan fingerprint density at radius 1 is 0.690 bits per heavy atom. The molecule has 2 unspecified atom stereocenters. The summed E-state index contributed by atoms with van der Waals surface area (Å²) in [6.07, 6.45) is 29.8. The number of aliphatic carboxylic acids is 1. The molecule has 0 rings (SSSR count). The molecule has 42 heavy (non-hydrogen) atoms. The van der Waals surface area contributed by atoms with Crippen molar-refractivity contribution < 1.29 is 24.2 Å². The predicted molar refractivity (Wildman–Crippen MR) is 174 cm³/mol. The summed E-state index contributed by atoms with van der Waals surface area (Å²) in [6.45, 7) is 4.88. The molecule has 0 aliphatic heterocycles. The molecule has 0 saturated carbocycles. The van der Waals surface area contributed by atoms with E-state index in [0.29, 0.717) is 38.6 Å². The van der Waals surface area contributed by atoms with Crippen LogP contribution in [-0.4, -0.2) is 41.6 Å². The molecule has 0 aromatic heterocycles. The number of amides is 1. The van der Waals surface area contributed by atoms with Gasteiger partial charge in [0, 0.05) is 12.8 Å². The van der Waals surface area contributed by atoms with Crippen molar-refractivity contribution >= 4 is 17.8 Å². The SMILES string of the molecule is CCCCCCC/C=C\C(CCCCCCC(=O)NC(CCCN)C(=O)O)OC(=O)CCCCCCCCCCCC. The molecule has 0 radical (unpaired) electrons. The van der Waals surface area contributed by atoms with Crippen molar-refractivity contribution in [2.75, 3.05) is 6.54 Å². The number of carboxylic acid groups (broad SMARTS) is 1. The third kappa shape index (κ3) is 27.0. The van der Waals surface area contributed by atoms with Gasteiger partial charge in [0.15, 0.2) is 0 Å². The topological polar surface area (TPSA) is 119 Å². The highest BCUT2D eigenvalue weighted by Crippen LogP contribution is 2.15. The largest absolute Gasteiger partial charge is 0.480 e. The van der Waals surface area contributed by atoms with Crippen LogP contribution in [-0.2, 0) is 19.1 Å². The molecule has 0 aliphatic rings. The molecule has 0 aromatic rings. The molecule has 0 aromatic carbocycles. The smallest absolute Gasteiger partial charge is 0.326 e. The van der Waals surface area contributed by atoms with Gasteiger partial charge in [-0.25, -0.2) is 4.79 Å². The van der Waals surface area contributed by atoms with Crippen LogP contribution in [0.4, 0.5) is 0 Å². The summed E-state index contributed by atoms with van der Waals surface area (Å²) in [6, 6.07) is -0.866. The van der Waals surface area contributed by atoms with Gasteiger partial charge in [-0.05, 0) is 64.0 Å². The van der Waals surface area contributed by atoms with Crippen molar-refractivity contribution in [2.24, 2.45) is 5.73 Å². The molecule has 0 heterocycles. The number of esters is 1. The lowest BCUT2D eigenvalue weighted by Crippen LogP contribution is -2.40. The quantitative estimate of drug-likeness (QED) is 0.0419. The molecule has 2 atom stereocenters. The summed E-state index contributed by atoms with van der Waals surface area (Å²) < 4.78 is 5.87. The number of hydrogen-bond acceptors (Lipinski definition) is 5. The summed E-state index contributed by atoms with van der Waals surface area (Å²) in [5.74, 6) is -1.33. The lowest BCUT2D eigenvalue weighted by atomic mass is 10.1. The Balaban J connectivity index is 4.33. The van der Waals surface area contributed by atoms with Gasteiger partial charge in [-0.1, -0.05) is 116 Å². The van der Waals surface area contributed by atoms with Crippen LogP contribution in [0.1, 0.15) is 174 Å². The number of rotatable bonds is 31. The summed E-state index contributed by atoms with van der Waals surface area (Å²) in [5.41, 5.74) is 5.46. The Bertz CT molecular complexity index is 682. The van der Waals surface area contributed by atoms with E-state index in [2.05, 4.69) is 31.3 Å². The van der Waals surface area contributed by atoms with Crippen molar-refractivity contribution in [1.29, 1.82) is 0 Å². The summed E-state index contributed by atoms with van der Waals surface area (Å²) in [4.78, 5) is 36.0. The zero-order valence-corrected chi connectivity index (χ0v) is 27.4. The Kier molecular flexibility index (Phi) is 29.2. The number of nitrogens with one attached hydrogen (secondary N) is 1. The number of carboxylic acids is 1. The number of unbranched alkanes of at least 4 members (excludes halogenated alkanes) is 17. The number of ether oxygens (including phenoxy) is 1. The average Bonchev–Trinajstić information content (AvgIpc) is 2.97. The summed E-state index contributed by atoms with van der Waals surface area (Å²) in [5, 5.41) is 11.9. The third-order valence-corrected chi connectivity index (χ3v) is 7.82. The summed E-state index contributed by atoms with van der Waals surface area (Å²) >= 11 is 0. The van der Waals surface area contributed by atoms with Gasteiger partial charge in [0.25, 0.3) is 0 Å². The maximum Gasteiger partial charge on any atom is 0.326 e. The first-order chi connectivity index (χ1) is 20.4. The predicted octanol–water partition coefficient (Wildman–Crippen LogP) is 8.77. The minimum Gasteiger partial charge on any atom is -0.480 e. The fraction of sp³-hybridized carbons (Fsp3) is 0.857. The van der Waals surface area contributed by atoms with Crippen LogP contribution in [0.25, 0.3) is 0 Å². The fourth-order valence-electron chi connectivity index (χ4n) is 5.12. The van der Waals surface area contributed by atoms with Crippen LogP contribution < -0.4 is 11.1 Å². The van der Waals surface area contributed by atoms with Crippen LogP contribution >= 0.6 is 0 Å².